The standard InChI is InChI=1S/C29H19BrN4/c1-18-15-19(30)17-32-28(18)34-26-11-5-2-7-21(26)23-13-12-20(16-27(23)34)33-25-10-4-3-8-22(25)24-9-6-14-31-29(24)33/h2-17H,1H3. The maximum atomic E-state index is 4.81. The van der Waals surface area contributed by atoms with Crippen molar-refractivity contribution in [2.24, 2.45) is 0 Å². The van der Waals surface area contributed by atoms with Crippen molar-refractivity contribution in [2.75, 3.05) is 0 Å². The Morgan fingerprint density at radius 2 is 1.32 bits per heavy atom. The lowest BCUT2D eigenvalue weighted by Crippen LogP contribution is -2.01. The van der Waals surface area contributed by atoms with Crippen molar-refractivity contribution in [1.82, 2.24) is 19.1 Å². The summed E-state index contributed by atoms with van der Waals surface area (Å²) in [6, 6.07) is 30.0. The van der Waals surface area contributed by atoms with Crippen LogP contribution in [0.15, 0.2) is 102 Å². The van der Waals surface area contributed by atoms with Crippen molar-refractivity contribution in [1.29, 1.82) is 0 Å². The van der Waals surface area contributed by atoms with Gasteiger partial charge in [0, 0.05) is 44.1 Å². The van der Waals surface area contributed by atoms with Crippen LogP contribution in [-0.4, -0.2) is 19.1 Å². The Kier molecular flexibility index (Phi) is 4.17. The molecule has 3 aromatic carbocycles. The lowest BCUT2D eigenvalue weighted by Gasteiger charge is -2.12. The predicted octanol–water partition coefficient (Wildman–Crippen LogP) is 7.74. The lowest BCUT2D eigenvalue weighted by atomic mass is 10.1. The highest BCUT2D eigenvalue weighted by Crippen LogP contribution is 2.36. The second-order valence-corrected chi connectivity index (χ2v) is 9.49. The zero-order chi connectivity index (χ0) is 22.8. The summed E-state index contributed by atoms with van der Waals surface area (Å²) in [6.07, 6.45) is 3.73. The summed E-state index contributed by atoms with van der Waals surface area (Å²) in [5.74, 6) is 0.937. The number of nitrogens with zero attached hydrogens (tertiary/aromatic N) is 4. The van der Waals surface area contributed by atoms with Gasteiger partial charge in [0.1, 0.15) is 11.5 Å². The van der Waals surface area contributed by atoms with Gasteiger partial charge >= 0.3 is 0 Å². The molecule has 7 aromatic rings. The third-order valence-corrected chi connectivity index (χ3v) is 7.01. The molecule has 4 heterocycles. The van der Waals surface area contributed by atoms with E-state index in [4.69, 9.17) is 9.97 Å². The Morgan fingerprint density at radius 3 is 2.12 bits per heavy atom. The maximum absolute atomic E-state index is 4.81. The fourth-order valence-electron chi connectivity index (χ4n) is 5.15. The molecule has 0 saturated carbocycles. The molecule has 0 fully saturated rings. The average Bonchev–Trinajstić information content (AvgIpc) is 3.37. The highest BCUT2D eigenvalue weighted by molar-refractivity contribution is 9.10. The molecule has 0 radical (unpaired) electrons. The first-order chi connectivity index (χ1) is 16.7. The van der Waals surface area contributed by atoms with E-state index in [9.17, 15) is 0 Å². The summed E-state index contributed by atoms with van der Waals surface area (Å²) >= 11 is 3.56. The van der Waals surface area contributed by atoms with Crippen molar-refractivity contribution in [3.05, 3.63) is 107 Å². The summed E-state index contributed by atoms with van der Waals surface area (Å²) < 4.78 is 5.51. The number of halogens is 1. The van der Waals surface area contributed by atoms with E-state index in [1.165, 1.54) is 16.2 Å². The zero-order valence-electron chi connectivity index (χ0n) is 18.4. The molecule has 0 spiro atoms. The van der Waals surface area contributed by atoms with Gasteiger partial charge < -0.3 is 0 Å². The number of aromatic nitrogens is 4. The Balaban J connectivity index is 1.61. The highest BCUT2D eigenvalue weighted by Gasteiger charge is 2.17. The van der Waals surface area contributed by atoms with Crippen LogP contribution in [0.4, 0.5) is 0 Å². The van der Waals surface area contributed by atoms with Gasteiger partial charge in [-0.05, 0) is 70.9 Å². The number of rotatable bonds is 2. The lowest BCUT2D eigenvalue weighted by molar-refractivity contribution is 1.05. The molecule has 34 heavy (non-hydrogen) atoms. The van der Waals surface area contributed by atoms with Crippen LogP contribution in [0.5, 0.6) is 0 Å². The number of hydrogen-bond donors (Lipinski definition) is 0. The van der Waals surface area contributed by atoms with Crippen LogP contribution in [0, 0.1) is 6.92 Å². The first-order valence-electron chi connectivity index (χ1n) is 11.2. The molecule has 7 rings (SSSR count). The molecule has 0 unspecified atom stereocenters. The minimum Gasteiger partial charge on any atom is -0.294 e. The fourth-order valence-corrected chi connectivity index (χ4v) is 5.60. The van der Waals surface area contributed by atoms with Gasteiger partial charge in [0.2, 0.25) is 0 Å². The molecule has 0 saturated heterocycles. The van der Waals surface area contributed by atoms with Crippen molar-refractivity contribution in [3.63, 3.8) is 0 Å². The monoisotopic (exact) mass is 502 g/mol. The van der Waals surface area contributed by atoms with E-state index >= 15 is 0 Å². The van der Waals surface area contributed by atoms with E-state index in [2.05, 4.69) is 111 Å². The average molecular weight is 503 g/mol. The molecule has 162 valence electrons. The van der Waals surface area contributed by atoms with Crippen LogP contribution in [-0.2, 0) is 0 Å². The van der Waals surface area contributed by atoms with Gasteiger partial charge in [-0.1, -0.05) is 42.5 Å². The normalized spacial score (nSPS) is 11.8. The summed E-state index contributed by atoms with van der Waals surface area (Å²) in [6.45, 7) is 2.11. The van der Waals surface area contributed by atoms with Crippen LogP contribution in [0.3, 0.4) is 0 Å². The Morgan fingerprint density at radius 1 is 0.647 bits per heavy atom. The quantitative estimate of drug-likeness (QED) is 0.242. The summed E-state index contributed by atoms with van der Waals surface area (Å²) in [5, 5.41) is 4.78. The van der Waals surface area contributed by atoms with E-state index in [1.807, 2.05) is 18.5 Å². The second-order valence-electron chi connectivity index (χ2n) is 8.58. The Hall–Kier alpha value is -3.96. The van der Waals surface area contributed by atoms with Gasteiger partial charge in [0.05, 0.1) is 16.6 Å². The van der Waals surface area contributed by atoms with Crippen molar-refractivity contribution in [2.45, 2.75) is 6.92 Å². The second kappa shape index (κ2) is 7.27. The summed E-state index contributed by atoms with van der Waals surface area (Å²) in [7, 11) is 0. The van der Waals surface area contributed by atoms with E-state index < -0.39 is 0 Å². The third-order valence-electron chi connectivity index (χ3n) is 6.58. The smallest absolute Gasteiger partial charge is 0.145 e. The van der Waals surface area contributed by atoms with Crippen molar-refractivity contribution < 1.29 is 0 Å². The van der Waals surface area contributed by atoms with Crippen LogP contribution in [0.2, 0.25) is 0 Å². The number of aryl methyl sites for hydroxylation is 1. The van der Waals surface area contributed by atoms with Gasteiger partial charge in [0.15, 0.2) is 0 Å². The van der Waals surface area contributed by atoms with Gasteiger partial charge in [-0.15, -0.1) is 0 Å². The first kappa shape index (κ1) is 19.5. The Bertz CT molecular complexity index is 1840. The van der Waals surface area contributed by atoms with Crippen LogP contribution in [0.25, 0.3) is 55.2 Å². The van der Waals surface area contributed by atoms with Gasteiger partial charge in [-0.25, -0.2) is 9.97 Å². The third kappa shape index (κ3) is 2.71. The minimum atomic E-state index is 0.937. The molecule has 5 heteroatoms. The molecule has 0 N–H and O–H groups in total. The maximum Gasteiger partial charge on any atom is 0.145 e. The summed E-state index contributed by atoms with van der Waals surface area (Å²) in [4.78, 5) is 9.57. The predicted molar refractivity (Wildman–Crippen MR) is 143 cm³/mol. The van der Waals surface area contributed by atoms with E-state index in [1.54, 1.807) is 0 Å². The largest absolute Gasteiger partial charge is 0.294 e. The molecule has 4 aromatic heterocycles. The highest BCUT2D eigenvalue weighted by atomic mass is 79.9. The molecule has 0 atom stereocenters. The molecule has 0 bridgehead atoms. The number of pyridine rings is 2. The summed E-state index contributed by atoms with van der Waals surface area (Å²) in [5.41, 5.74) is 6.57. The van der Waals surface area contributed by atoms with E-state index in [0.29, 0.717) is 0 Å². The topological polar surface area (TPSA) is 35.6 Å². The molecular weight excluding hydrogens is 484 g/mol. The van der Waals surface area contributed by atoms with Crippen molar-refractivity contribution in [3.8, 4) is 11.5 Å². The first-order valence-corrected chi connectivity index (χ1v) is 12.0. The molecule has 0 amide bonds. The van der Waals surface area contributed by atoms with E-state index in [0.717, 1.165) is 49.1 Å². The molecule has 4 nitrogen and oxygen atoms in total. The Labute approximate surface area is 204 Å². The molecule has 0 aliphatic heterocycles. The van der Waals surface area contributed by atoms with E-state index in [-0.39, 0.29) is 0 Å². The zero-order valence-corrected chi connectivity index (χ0v) is 20.0. The van der Waals surface area contributed by atoms with Gasteiger partial charge in [-0.3, -0.25) is 9.13 Å². The molecule has 0 aliphatic rings. The molecule has 0 aliphatic carbocycles. The van der Waals surface area contributed by atoms with Gasteiger partial charge in [-0.2, -0.15) is 0 Å². The fraction of sp³-hybridized carbons (Fsp3) is 0.0345. The minimum absolute atomic E-state index is 0.937. The number of para-hydroxylation sites is 2. The van der Waals surface area contributed by atoms with Crippen LogP contribution < -0.4 is 0 Å². The van der Waals surface area contributed by atoms with Crippen LogP contribution >= 0.6 is 15.9 Å². The van der Waals surface area contributed by atoms with Crippen LogP contribution in [0.1, 0.15) is 5.56 Å². The number of fused-ring (bicyclic) bond motifs is 6. The van der Waals surface area contributed by atoms with Crippen molar-refractivity contribution >= 4 is 59.7 Å². The number of benzene rings is 3. The van der Waals surface area contributed by atoms with Gasteiger partial charge in [0.25, 0.3) is 0 Å². The molecular formula is C29H19BrN4. The number of hydrogen-bond acceptors (Lipinski definition) is 2. The SMILES string of the molecule is Cc1cc(Br)cnc1-n1c2ccccc2c2ccc(-n3c4ccccc4c4cccnc43)cc21.